The second-order valence-electron chi connectivity index (χ2n) is 5.60. The molecule has 0 saturated carbocycles. The third-order valence-electron chi connectivity index (χ3n) is 3.94. The molecule has 2 heterocycles. The molecule has 0 aliphatic carbocycles. The lowest BCUT2D eigenvalue weighted by molar-refractivity contribution is 1.04. The van der Waals surface area contributed by atoms with Crippen molar-refractivity contribution in [3.8, 4) is 0 Å². The fourth-order valence-corrected chi connectivity index (χ4v) is 2.81. The predicted molar refractivity (Wildman–Crippen MR) is 88.8 cm³/mol. The molecule has 4 aromatic rings. The number of pyridine rings is 1. The van der Waals surface area contributed by atoms with Gasteiger partial charge >= 0.3 is 0 Å². The molecular weight excluding hydrogens is 270 g/mol. The number of fused-ring (bicyclic) bond motifs is 2. The molecule has 2 aromatic carbocycles. The van der Waals surface area contributed by atoms with Crippen molar-refractivity contribution in [2.24, 2.45) is 0 Å². The SMILES string of the molecule is Cc1ccc2c(Cc3ccc4cccnc4c3)cnnc2c1. The Morgan fingerprint density at radius 2 is 1.91 bits per heavy atom. The zero-order chi connectivity index (χ0) is 14.9. The first-order valence-corrected chi connectivity index (χ1v) is 7.34. The fourth-order valence-electron chi connectivity index (χ4n) is 2.81. The van der Waals surface area contributed by atoms with E-state index in [1.165, 1.54) is 27.5 Å². The molecule has 0 aliphatic heterocycles. The summed E-state index contributed by atoms with van der Waals surface area (Å²) >= 11 is 0. The Morgan fingerprint density at radius 3 is 2.86 bits per heavy atom. The van der Waals surface area contributed by atoms with Gasteiger partial charge in [0.25, 0.3) is 0 Å². The van der Waals surface area contributed by atoms with Gasteiger partial charge in [0.05, 0.1) is 17.2 Å². The van der Waals surface area contributed by atoms with Crippen LogP contribution in [0, 0.1) is 6.92 Å². The molecular formula is C19H15N3. The topological polar surface area (TPSA) is 38.7 Å². The minimum atomic E-state index is 0.835. The normalized spacial score (nSPS) is 11.1. The summed E-state index contributed by atoms with van der Waals surface area (Å²) in [6.07, 6.45) is 4.53. The third kappa shape index (κ3) is 2.31. The van der Waals surface area contributed by atoms with Gasteiger partial charge in [-0.05, 0) is 48.2 Å². The van der Waals surface area contributed by atoms with Crippen LogP contribution < -0.4 is 0 Å². The van der Waals surface area contributed by atoms with Gasteiger partial charge in [-0.3, -0.25) is 4.98 Å². The average Bonchev–Trinajstić information content (AvgIpc) is 2.55. The van der Waals surface area contributed by atoms with Crippen LogP contribution in [0.25, 0.3) is 21.8 Å². The van der Waals surface area contributed by atoms with Crippen molar-refractivity contribution < 1.29 is 0 Å². The summed E-state index contributed by atoms with van der Waals surface area (Å²) < 4.78 is 0. The molecule has 0 spiro atoms. The molecule has 3 heteroatoms. The molecule has 4 rings (SSSR count). The minimum absolute atomic E-state index is 0.835. The van der Waals surface area contributed by atoms with Crippen LogP contribution in [0.4, 0.5) is 0 Å². The van der Waals surface area contributed by atoms with E-state index in [0.29, 0.717) is 0 Å². The molecule has 0 radical (unpaired) electrons. The van der Waals surface area contributed by atoms with Crippen LogP contribution in [0.5, 0.6) is 0 Å². The third-order valence-corrected chi connectivity index (χ3v) is 3.94. The van der Waals surface area contributed by atoms with E-state index in [0.717, 1.165) is 17.5 Å². The van der Waals surface area contributed by atoms with Crippen molar-refractivity contribution >= 4 is 21.8 Å². The van der Waals surface area contributed by atoms with Crippen LogP contribution in [0.1, 0.15) is 16.7 Å². The van der Waals surface area contributed by atoms with Gasteiger partial charge in [0.15, 0.2) is 0 Å². The summed E-state index contributed by atoms with van der Waals surface area (Å²) in [6.45, 7) is 2.07. The summed E-state index contributed by atoms with van der Waals surface area (Å²) in [5.74, 6) is 0. The van der Waals surface area contributed by atoms with E-state index in [1.54, 1.807) is 0 Å². The van der Waals surface area contributed by atoms with Crippen molar-refractivity contribution in [2.45, 2.75) is 13.3 Å². The Balaban J connectivity index is 1.78. The summed E-state index contributed by atoms with van der Waals surface area (Å²) in [7, 11) is 0. The maximum atomic E-state index is 4.43. The molecule has 0 unspecified atom stereocenters. The lowest BCUT2D eigenvalue weighted by Gasteiger charge is -2.07. The van der Waals surface area contributed by atoms with Gasteiger partial charge in [-0.2, -0.15) is 10.2 Å². The largest absolute Gasteiger partial charge is 0.256 e. The van der Waals surface area contributed by atoms with Crippen LogP contribution in [0.15, 0.2) is 60.9 Å². The minimum Gasteiger partial charge on any atom is -0.256 e. The number of benzene rings is 2. The number of nitrogens with zero attached hydrogens (tertiary/aromatic N) is 3. The molecule has 0 bridgehead atoms. The molecule has 0 aliphatic rings. The quantitative estimate of drug-likeness (QED) is 0.557. The van der Waals surface area contributed by atoms with Crippen LogP contribution in [-0.2, 0) is 6.42 Å². The van der Waals surface area contributed by atoms with E-state index < -0.39 is 0 Å². The van der Waals surface area contributed by atoms with Gasteiger partial charge in [0, 0.05) is 17.0 Å². The predicted octanol–water partition coefficient (Wildman–Crippen LogP) is 4.08. The second-order valence-corrected chi connectivity index (χ2v) is 5.60. The highest BCUT2D eigenvalue weighted by Crippen LogP contribution is 2.21. The van der Waals surface area contributed by atoms with E-state index in [4.69, 9.17) is 0 Å². The van der Waals surface area contributed by atoms with Gasteiger partial charge in [-0.25, -0.2) is 0 Å². The summed E-state index contributed by atoms with van der Waals surface area (Å²) in [6, 6.07) is 16.8. The van der Waals surface area contributed by atoms with Gasteiger partial charge in [0.2, 0.25) is 0 Å². The standard InChI is InChI=1S/C19H15N3/c1-13-4-7-17-16(12-21-22-19(17)9-13)10-14-5-6-15-3-2-8-20-18(15)11-14/h2-9,11-12H,10H2,1H3. The molecule has 22 heavy (non-hydrogen) atoms. The monoisotopic (exact) mass is 285 g/mol. The number of hydrogen-bond acceptors (Lipinski definition) is 3. The molecule has 0 fully saturated rings. The molecule has 106 valence electrons. The number of aromatic nitrogens is 3. The summed E-state index contributed by atoms with van der Waals surface area (Å²) in [5.41, 5.74) is 5.62. The van der Waals surface area contributed by atoms with Gasteiger partial charge < -0.3 is 0 Å². The molecule has 0 saturated heterocycles. The Bertz CT molecular complexity index is 976. The van der Waals surface area contributed by atoms with E-state index in [9.17, 15) is 0 Å². The van der Waals surface area contributed by atoms with E-state index >= 15 is 0 Å². The first-order chi connectivity index (χ1) is 10.8. The Labute approximate surface area is 128 Å². The average molecular weight is 285 g/mol. The molecule has 0 amide bonds. The van der Waals surface area contributed by atoms with Crippen LogP contribution in [-0.4, -0.2) is 15.2 Å². The maximum absolute atomic E-state index is 4.43. The maximum Gasteiger partial charge on any atom is 0.0935 e. The van der Waals surface area contributed by atoms with Crippen molar-refractivity contribution in [3.05, 3.63) is 77.6 Å². The van der Waals surface area contributed by atoms with Crippen molar-refractivity contribution in [1.29, 1.82) is 0 Å². The molecule has 3 nitrogen and oxygen atoms in total. The van der Waals surface area contributed by atoms with Gasteiger partial charge in [-0.1, -0.05) is 30.3 Å². The van der Waals surface area contributed by atoms with Crippen LogP contribution >= 0.6 is 0 Å². The van der Waals surface area contributed by atoms with E-state index in [2.05, 4.69) is 64.6 Å². The molecule has 0 atom stereocenters. The second kappa shape index (κ2) is 5.19. The van der Waals surface area contributed by atoms with Crippen molar-refractivity contribution in [3.63, 3.8) is 0 Å². The van der Waals surface area contributed by atoms with Crippen molar-refractivity contribution in [1.82, 2.24) is 15.2 Å². The van der Waals surface area contributed by atoms with Crippen LogP contribution in [0.2, 0.25) is 0 Å². The summed E-state index contributed by atoms with van der Waals surface area (Å²) in [5, 5.41) is 10.7. The highest BCUT2D eigenvalue weighted by Gasteiger charge is 2.05. The van der Waals surface area contributed by atoms with E-state index in [1.807, 2.05) is 18.5 Å². The number of rotatable bonds is 2. The van der Waals surface area contributed by atoms with Gasteiger partial charge in [0.1, 0.15) is 0 Å². The number of aryl methyl sites for hydroxylation is 1. The first-order valence-electron chi connectivity index (χ1n) is 7.34. The van der Waals surface area contributed by atoms with Crippen molar-refractivity contribution in [2.75, 3.05) is 0 Å². The first kappa shape index (κ1) is 12.9. The lowest BCUT2D eigenvalue weighted by Crippen LogP contribution is -1.94. The van der Waals surface area contributed by atoms with Crippen LogP contribution in [0.3, 0.4) is 0 Å². The highest BCUT2D eigenvalue weighted by atomic mass is 15.1. The van der Waals surface area contributed by atoms with Gasteiger partial charge in [-0.15, -0.1) is 0 Å². The summed E-state index contributed by atoms with van der Waals surface area (Å²) in [4.78, 5) is 4.43. The zero-order valence-electron chi connectivity index (χ0n) is 12.3. The Kier molecular flexibility index (Phi) is 3.04. The highest BCUT2D eigenvalue weighted by molar-refractivity contribution is 5.83. The number of hydrogen-bond donors (Lipinski definition) is 0. The molecule has 0 N–H and O–H groups in total. The zero-order valence-corrected chi connectivity index (χ0v) is 12.3. The Morgan fingerprint density at radius 1 is 0.955 bits per heavy atom. The lowest BCUT2D eigenvalue weighted by atomic mass is 10.0. The molecule has 2 aromatic heterocycles. The van der Waals surface area contributed by atoms with E-state index in [-0.39, 0.29) is 0 Å². The Hall–Kier alpha value is -2.81. The smallest absolute Gasteiger partial charge is 0.0935 e. The fraction of sp³-hybridized carbons (Fsp3) is 0.105.